The molecular weight excluding hydrogens is 234 g/mol. The summed E-state index contributed by atoms with van der Waals surface area (Å²) in [5.41, 5.74) is 11.6. The third-order valence-corrected chi connectivity index (χ3v) is 3.45. The van der Waals surface area contributed by atoms with Gasteiger partial charge in [0.2, 0.25) is 0 Å². The van der Waals surface area contributed by atoms with Crippen LogP contribution >= 0.6 is 0 Å². The van der Waals surface area contributed by atoms with Crippen LogP contribution in [0.25, 0.3) is 0 Å². The van der Waals surface area contributed by atoms with Crippen molar-refractivity contribution in [2.24, 2.45) is 0 Å². The average Bonchev–Trinajstić information content (AvgIpc) is 2.44. The van der Waals surface area contributed by atoms with Gasteiger partial charge in [-0.1, -0.05) is 32.0 Å². The number of aromatic nitrogens is 1. The van der Waals surface area contributed by atoms with Gasteiger partial charge >= 0.3 is 0 Å². The first-order chi connectivity index (χ1) is 9.17. The lowest BCUT2D eigenvalue weighted by molar-refractivity contribution is 1.08. The third-order valence-electron chi connectivity index (χ3n) is 3.45. The summed E-state index contributed by atoms with van der Waals surface area (Å²) in [5, 5.41) is 3.42. The highest BCUT2D eigenvalue weighted by atomic mass is 15.0. The molecule has 0 atom stereocenters. The Morgan fingerprint density at radius 1 is 1.11 bits per heavy atom. The number of hydrogen-bond donors (Lipinski definition) is 2. The van der Waals surface area contributed by atoms with Gasteiger partial charge < -0.3 is 11.1 Å². The first kappa shape index (κ1) is 13.4. The monoisotopic (exact) mass is 255 g/mol. The molecule has 2 rings (SSSR count). The Kier molecular flexibility index (Phi) is 4.05. The highest BCUT2D eigenvalue weighted by Gasteiger charge is 2.09. The lowest BCUT2D eigenvalue weighted by atomic mass is 10.0. The Balaban J connectivity index is 2.45. The summed E-state index contributed by atoms with van der Waals surface area (Å²) in [6.45, 7) is 6.31. The molecule has 0 bridgehead atoms. The molecule has 0 aliphatic rings. The smallest absolute Gasteiger partial charge is 0.153 e. The zero-order valence-electron chi connectivity index (χ0n) is 11.8. The summed E-state index contributed by atoms with van der Waals surface area (Å²) in [6.07, 6.45) is 3.76. The predicted molar refractivity (Wildman–Crippen MR) is 81.9 cm³/mol. The molecule has 3 heteroatoms. The fraction of sp³-hybridized carbons (Fsp3) is 0.312. The third kappa shape index (κ3) is 2.70. The van der Waals surface area contributed by atoms with Crippen LogP contribution < -0.4 is 11.1 Å². The number of nitrogens with zero attached hydrogens (tertiary/aromatic N) is 1. The summed E-state index contributed by atoms with van der Waals surface area (Å²) in [7, 11) is 0. The second-order valence-corrected chi connectivity index (χ2v) is 4.67. The van der Waals surface area contributed by atoms with Crippen molar-refractivity contribution in [3.63, 3.8) is 0 Å². The van der Waals surface area contributed by atoms with Gasteiger partial charge in [-0.2, -0.15) is 0 Å². The number of nitrogens with two attached hydrogens (primary N) is 1. The van der Waals surface area contributed by atoms with E-state index in [1.165, 1.54) is 11.1 Å². The van der Waals surface area contributed by atoms with Crippen LogP contribution in [0.5, 0.6) is 0 Å². The largest absolute Gasteiger partial charge is 0.396 e. The molecule has 0 fully saturated rings. The number of benzene rings is 1. The Labute approximate surface area is 114 Å². The summed E-state index contributed by atoms with van der Waals surface area (Å²) in [4.78, 5) is 4.35. The van der Waals surface area contributed by atoms with E-state index in [1.54, 1.807) is 6.20 Å². The van der Waals surface area contributed by atoms with E-state index in [1.807, 2.05) is 13.0 Å². The van der Waals surface area contributed by atoms with Gasteiger partial charge in [0.05, 0.1) is 5.69 Å². The SMILES string of the molecule is CCc1cccc(CC)c1Nc1nccc(C)c1N. The van der Waals surface area contributed by atoms with Crippen LogP contribution in [0, 0.1) is 6.92 Å². The maximum atomic E-state index is 6.09. The van der Waals surface area contributed by atoms with Crippen LogP contribution in [-0.4, -0.2) is 4.98 Å². The topological polar surface area (TPSA) is 50.9 Å². The molecule has 1 aromatic heterocycles. The van der Waals surface area contributed by atoms with E-state index in [-0.39, 0.29) is 0 Å². The second-order valence-electron chi connectivity index (χ2n) is 4.67. The van der Waals surface area contributed by atoms with Crippen LogP contribution in [0.15, 0.2) is 30.5 Å². The molecule has 100 valence electrons. The number of para-hydroxylation sites is 1. The highest BCUT2D eigenvalue weighted by molar-refractivity contribution is 5.74. The van der Waals surface area contributed by atoms with E-state index in [0.717, 1.165) is 35.6 Å². The normalized spacial score (nSPS) is 10.5. The van der Waals surface area contributed by atoms with Gasteiger partial charge in [-0.25, -0.2) is 4.98 Å². The van der Waals surface area contributed by atoms with Crippen molar-refractivity contribution in [2.45, 2.75) is 33.6 Å². The lowest BCUT2D eigenvalue weighted by Crippen LogP contribution is -2.05. The number of rotatable bonds is 4. The molecule has 0 aliphatic carbocycles. The Morgan fingerprint density at radius 2 is 1.74 bits per heavy atom. The second kappa shape index (κ2) is 5.74. The zero-order chi connectivity index (χ0) is 13.8. The van der Waals surface area contributed by atoms with Crippen LogP contribution in [0.1, 0.15) is 30.5 Å². The standard InChI is InChI=1S/C16H21N3/c1-4-12-7-6-8-13(5-2)15(12)19-16-14(17)11(3)9-10-18-16/h6-10H,4-5,17H2,1-3H3,(H,18,19). The van der Waals surface area contributed by atoms with Gasteiger partial charge in [0.15, 0.2) is 5.82 Å². The molecule has 3 N–H and O–H groups in total. The predicted octanol–water partition coefficient (Wildman–Crippen LogP) is 3.84. The van der Waals surface area contributed by atoms with Gasteiger partial charge in [-0.3, -0.25) is 0 Å². The lowest BCUT2D eigenvalue weighted by Gasteiger charge is -2.16. The Morgan fingerprint density at radius 3 is 2.32 bits per heavy atom. The number of nitrogens with one attached hydrogen (secondary N) is 1. The molecule has 0 spiro atoms. The first-order valence-electron chi connectivity index (χ1n) is 6.76. The minimum atomic E-state index is 0.718. The van der Waals surface area contributed by atoms with Gasteiger partial charge in [0.1, 0.15) is 0 Å². The molecule has 1 heterocycles. The van der Waals surface area contributed by atoms with Crippen LogP contribution in [0.3, 0.4) is 0 Å². The number of pyridine rings is 1. The molecule has 1 aromatic carbocycles. The van der Waals surface area contributed by atoms with E-state index in [4.69, 9.17) is 5.73 Å². The fourth-order valence-corrected chi connectivity index (χ4v) is 2.19. The van der Waals surface area contributed by atoms with Crippen molar-refractivity contribution < 1.29 is 0 Å². The highest BCUT2D eigenvalue weighted by Crippen LogP contribution is 2.29. The first-order valence-corrected chi connectivity index (χ1v) is 6.76. The van der Waals surface area contributed by atoms with Crippen molar-refractivity contribution in [3.05, 3.63) is 47.2 Å². The van der Waals surface area contributed by atoms with E-state index < -0.39 is 0 Å². The fourth-order valence-electron chi connectivity index (χ4n) is 2.19. The summed E-state index contributed by atoms with van der Waals surface area (Å²) in [5.74, 6) is 0.746. The Hall–Kier alpha value is -2.03. The van der Waals surface area contributed by atoms with Crippen LogP contribution in [0.2, 0.25) is 0 Å². The summed E-state index contributed by atoms with van der Waals surface area (Å²) >= 11 is 0. The van der Waals surface area contributed by atoms with Gasteiger partial charge in [0.25, 0.3) is 0 Å². The van der Waals surface area contributed by atoms with Crippen LogP contribution in [0.4, 0.5) is 17.2 Å². The van der Waals surface area contributed by atoms with Crippen molar-refractivity contribution in [3.8, 4) is 0 Å². The maximum Gasteiger partial charge on any atom is 0.153 e. The van der Waals surface area contributed by atoms with Crippen LogP contribution in [-0.2, 0) is 12.8 Å². The minimum Gasteiger partial charge on any atom is -0.396 e. The molecular formula is C16H21N3. The minimum absolute atomic E-state index is 0.718. The number of hydrogen-bond acceptors (Lipinski definition) is 3. The number of anilines is 3. The molecule has 0 saturated carbocycles. The molecule has 0 saturated heterocycles. The van der Waals surface area contributed by atoms with E-state index >= 15 is 0 Å². The molecule has 3 nitrogen and oxygen atoms in total. The quantitative estimate of drug-likeness (QED) is 0.872. The van der Waals surface area contributed by atoms with Gasteiger partial charge in [-0.15, -0.1) is 0 Å². The maximum absolute atomic E-state index is 6.09. The Bertz CT molecular complexity index is 554. The van der Waals surface area contributed by atoms with E-state index in [9.17, 15) is 0 Å². The molecule has 0 aliphatic heterocycles. The molecule has 19 heavy (non-hydrogen) atoms. The molecule has 0 amide bonds. The van der Waals surface area contributed by atoms with Crippen molar-refractivity contribution in [2.75, 3.05) is 11.1 Å². The molecule has 0 radical (unpaired) electrons. The molecule has 2 aromatic rings. The number of aryl methyl sites for hydroxylation is 3. The zero-order valence-corrected chi connectivity index (χ0v) is 11.8. The summed E-state index contributed by atoms with van der Waals surface area (Å²) in [6, 6.07) is 8.32. The van der Waals surface area contributed by atoms with Crippen molar-refractivity contribution in [1.82, 2.24) is 4.98 Å². The number of nitrogen functional groups attached to an aromatic ring is 1. The summed E-state index contributed by atoms with van der Waals surface area (Å²) < 4.78 is 0. The van der Waals surface area contributed by atoms with Gasteiger partial charge in [0, 0.05) is 11.9 Å². The van der Waals surface area contributed by atoms with Crippen molar-refractivity contribution >= 4 is 17.2 Å². The molecule has 0 unspecified atom stereocenters. The van der Waals surface area contributed by atoms with E-state index in [0.29, 0.717) is 0 Å². The van der Waals surface area contributed by atoms with Gasteiger partial charge in [-0.05, 0) is 42.5 Å². The van der Waals surface area contributed by atoms with Crippen molar-refractivity contribution in [1.29, 1.82) is 0 Å². The van der Waals surface area contributed by atoms with E-state index in [2.05, 4.69) is 42.3 Å². The average molecular weight is 255 g/mol.